The van der Waals surface area contributed by atoms with E-state index in [-0.39, 0.29) is 11.9 Å². The molecular formula is C19H25N3O2. The molecule has 2 rings (SSSR count). The lowest BCUT2D eigenvalue weighted by atomic mass is 10.1. The number of nitrogens with one attached hydrogen (secondary N) is 1. The smallest absolute Gasteiger partial charge is 0.255 e. The molecule has 1 amide bonds. The van der Waals surface area contributed by atoms with Crippen molar-refractivity contribution in [3.63, 3.8) is 0 Å². The Morgan fingerprint density at radius 2 is 2.08 bits per heavy atom. The lowest BCUT2D eigenvalue weighted by Gasteiger charge is -2.16. The van der Waals surface area contributed by atoms with Crippen LogP contribution in [0.25, 0.3) is 0 Å². The number of aryl methyl sites for hydroxylation is 2. The predicted octanol–water partition coefficient (Wildman–Crippen LogP) is 2.40. The van der Waals surface area contributed by atoms with E-state index in [0.717, 1.165) is 17.0 Å². The number of amides is 1. The maximum atomic E-state index is 12.6. The SMILES string of the molecule is Cc1ccc(OCCN)c(C(=O)N[C@@H](C)Cc2cccc(C)n2)c1. The van der Waals surface area contributed by atoms with E-state index >= 15 is 0 Å². The van der Waals surface area contributed by atoms with Gasteiger partial charge < -0.3 is 15.8 Å². The maximum absolute atomic E-state index is 12.6. The van der Waals surface area contributed by atoms with Gasteiger partial charge in [-0.3, -0.25) is 9.78 Å². The molecule has 1 aromatic carbocycles. The van der Waals surface area contributed by atoms with Gasteiger partial charge in [0.2, 0.25) is 0 Å². The number of benzene rings is 1. The van der Waals surface area contributed by atoms with E-state index < -0.39 is 0 Å². The number of carbonyl (C=O) groups is 1. The van der Waals surface area contributed by atoms with Gasteiger partial charge in [-0.15, -0.1) is 0 Å². The van der Waals surface area contributed by atoms with Gasteiger partial charge in [0, 0.05) is 30.4 Å². The van der Waals surface area contributed by atoms with Gasteiger partial charge in [-0.2, -0.15) is 0 Å². The summed E-state index contributed by atoms with van der Waals surface area (Å²) in [4.78, 5) is 17.1. The van der Waals surface area contributed by atoms with Crippen LogP contribution < -0.4 is 15.8 Å². The Bertz CT molecular complexity index is 701. The summed E-state index contributed by atoms with van der Waals surface area (Å²) < 4.78 is 5.58. The first-order valence-electron chi connectivity index (χ1n) is 8.16. The first kappa shape index (κ1) is 17.9. The second kappa shape index (κ2) is 8.45. The molecule has 3 N–H and O–H groups in total. The third kappa shape index (κ3) is 5.06. The van der Waals surface area contributed by atoms with Crippen molar-refractivity contribution in [2.75, 3.05) is 13.2 Å². The van der Waals surface area contributed by atoms with Crippen LogP contribution in [0.15, 0.2) is 36.4 Å². The Morgan fingerprint density at radius 3 is 2.79 bits per heavy atom. The van der Waals surface area contributed by atoms with Crippen LogP contribution >= 0.6 is 0 Å². The normalized spacial score (nSPS) is 11.8. The minimum absolute atomic E-state index is 0.0327. The molecule has 0 saturated carbocycles. The standard InChI is InChI=1S/C19H25N3O2/c1-13-7-8-18(24-10-9-20)17(11-13)19(23)22-15(3)12-16-6-4-5-14(2)21-16/h4-8,11,15H,9-10,12,20H2,1-3H3,(H,22,23)/t15-/m0/s1. The third-order valence-corrected chi connectivity index (χ3v) is 3.59. The zero-order valence-corrected chi connectivity index (χ0v) is 14.5. The zero-order valence-electron chi connectivity index (χ0n) is 14.5. The highest BCUT2D eigenvalue weighted by Crippen LogP contribution is 2.20. The molecule has 5 heteroatoms. The largest absolute Gasteiger partial charge is 0.491 e. The van der Waals surface area contributed by atoms with Crippen LogP contribution in [-0.4, -0.2) is 30.1 Å². The van der Waals surface area contributed by atoms with Crippen LogP contribution in [0.4, 0.5) is 0 Å². The van der Waals surface area contributed by atoms with Crippen molar-refractivity contribution in [3.8, 4) is 5.75 Å². The molecule has 0 saturated heterocycles. The van der Waals surface area contributed by atoms with Crippen LogP contribution in [0.2, 0.25) is 0 Å². The number of rotatable bonds is 7. The van der Waals surface area contributed by atoms with Gasteiger partial charge in [-0.1, -0.05) is 17.7 Å². The molecule has 0 aliphatic rings. The number of hydrogen-bond acceptors (Lipinski definition) is 4. The maximum Gasteiger partial charge on any atom is 0.255 e. The molecule has 2 aromatic rings. The summed E-state index contributed by atoms with van der Waals surface area (Å²) in [5, 5.41) is 3.02. The van der Waals surface area contributed by atoms with Gasteiger partial charge in [-0.25, -0.2) is 0 Å². The Kier molecular flexibility index (Phi) is 6.32. The van der Waals surface area contributed by atoms with E-state index in [9.17, 15) is 4.79 Å². The molecule has 0 spiro atoms. The molecular weight excluding hydrogens is 302 g/mol. The van der Waals surface area contributed by atoms with E-state index in [1.165, 1.54) is 0 Å². The number of aromatic nitrogens is 1. The van der Waals surface area contributed by atoms with Crippen LogP contribution in [0.5, 0.6) is 5.75 Å². The summed E-state index contributed by atoms with van der Waals surface area (Å²) in [5.74, 6) is 0.412. The van der Waals surface area contributed by atoms with Crippen molar-refractivity contribution in [3.05, 3.63) is 58.9 Å². The molecule has 0 unspecified atom stereocenters. The molecule has 24 heavy (non-hydrogen) atoms. The van der Waals surface area contributed by atoms with Crippen molar-refractivity contribution in [1.29, 1.82) is 0 Å². The van der Waals surface area contributed by atoms with Gasteiger partial charge >= 0.3 is 0 Å². The fourth-order valence-electron chi connectivity index (χ4n) is 2.50. The number of nitrogens with zero attached hydrogens (tertiary/aromatic N) is 1. The van der Waals surface area contributed by atoms with E-state index in [2.05, 4.69) is 10.3 Å². The second-order valence-corrected chi connectivity index (χ2v) is 5.99. The topological polar surface area (TPSA) is 77.2 Å². The minimum atomic E-state index is -0.147. The summed E-state index contributed by atoms with van der Waals surface area (Å²) >= 11 is 0. The number of hydrogen-bond donors (Lipinski definition) is 2. The van der Waals surface area contributed by atoms with Crippen LogP contribution in [0.1, 0.15) is 34.2 Å². The van der Waals surface area contributed by atoms with E-state index in [0.29, 0.717) is 30.9 Å². The highest BCUT2D eigenvalue weighted by molar-refractivity contribution is 5.97. The molecule has 0 aliphatic heterocycles. The van der Waals surface area contributed by atoms with Gasteiger partial charge in [0.05, 0.1) is 5.56 Å². The molecule has 0 bridgehead atoms. The Labute approximate surface area is 143 Å². The van der Waals surface area contributed by atoms with Crippen LogP contribution in [-0.2, 0) is 6.42 Å². The first-order valence-corrected chi connectivity index (χ1v) is 8.16. The van der Waals surface area contributed by atoms with Crippen molar-refractivity contribution < 1.29 is 9.53 Å². The van der Waals surface area contributed by atoms with Gasteiger partial charge in [0.1, 0.15) is 12.4 Å². The van der Waals surface area contributed by atoms with Crippen LogP contribution in [0.3, 0.4) is 0 Å². The van der Waals surface area contributed by atoms with E-state index in [4.69, 9.17) is 10.5 Å². The summed E-state index contributed by atoms with van der Waals surface area (Å²) in [6, 6.07) is 11.4. The van der Waals surface area contributed by atoms with Crippen molar-refractivity contribution in [2.24, 2.45) is 5.73 Å². The molecule has 0 fully saturated rings. The number of ether oxygens (including phenoxy) is 1. The highest BCUT2D eigenvalue weighted by Gasteiger charge is 2.16. The van der Waals surface area contributed by atoms with Crippen molar-refractivity contribution >= 4 is 5.91 Å². The van der Waals surface area contributed by atoms with Crippen LogP contribution in [0, 0.1) is 13.8 Å². The average molecular weight is 327 g/mol. The van der Waals surface area contributed by atoms with Gasteiger partial charge in [0.15, 0.2) is 0 Å². The third-order valence-electron chi connectivity index (χ3n) is 3.59. The number of nitrogens with two attached hydrogens (primary N) is 1. The molecule has 5 nitrogen and oxygen atoms in total. The van der Waals surface area contributed by atoms with Gasteiger partial charge in [-0.05, 0) is 45.0 Å². The first-order chi connectivity index (χ1) is 11.5. The Hall–Kier alpha value is -2.40. The monoisotopic (exact) mass is 327 g/mol. The zero-order chi connectivity index (χ0) is 17.5. The Balaban J connectivity index is 2.07. The van der Waals surface area contributed by atoms with Crippen molar-refractivity contribution in [2.45, 2.75) is 33.2 Å². The highest BCUT2D eigenvalue weighted by atomic mass is 16.5. The lowest BCUT2D eigenvalue weighted by molar-refractivity contribution is 0.0936. The lowest BCUT2D eigenvalue weighted by Crippen LogP contribution is -2.34. The van der Waals surface area contributed by atoms with E-state index in [1.807, 2.05) is 57.2 Å². The average Bonchev–Trinajstić information content (AvgIpc) is 2.53. The summed E-state index contributed by atoms with van der Waals surface area (Å²) in [7, 11) is 0. The van der Waals surface area contributed by atoms with Gasteiger partial charge in [0.25, 0.3) is 5.91 Å². The molecule has 128 valence electrons. The Morgan fingerprint density at radius 1 is 1.29 bits per heavy atom. The fourth-order valence-corrected chi connectivity index (χ4v) is 2.50. The molecule has 0 radical (unpaired) electrons. The molecule has 1 heterocycles. The fraction of sp³-hybridized carbons (Fsp3) is 0.368. The minimum Gasteiger partial charge on any atom is -0.491 e. The summed E-state index contributed by atoms with van der Waals surface area (Å²) in [6.45, 7) is 6.67. The quantitative estimate of drug-likeness (QED) is 0.818. The molecule has 1 aromatic heterocycles. The number of carbonyl (C=O) groups excluding carboxylic acids is 1. The molecule has 0 aliphatic carbocycles. The summed E-state index contributed by atoms with van der Waals surface area (Å²) in [5.41, 5.74) is 8.96. The van der Waals surface area contributed by atoms with Crippen molar-refractivity contribution in [1.82, 2.24) is 10.3 Å². The second-order valence-electron chi connectivity index (χ2n) is 5.99. The summed E-state index contributed by atoms with van der Waals surface area (Å²) in [6.07, 6.45) is 0.679. The van der Waals surface area contributed by atoms with E-state index in [1.54, 1.807) is 0 Å². The predicted molar refractivity (Wildman–Crippen MR) is 95.3 cm³/mol. The molecule has 1 atom stereocenters. The number of pyridine rings is 1.